The van der Waals surface area contributed by atoms with E-state index >= 15 is 0 Å². The van der Waals surface area contributed by atoms with E-state index in [4.69, 9.17) is 5.73 Å². The highest BCUT2D eigenvalue weighted by Gasteiger charge is 2.15. The predicted molar refractivity (Wildman–Crippen MR) is 114 cm³/mol. The van der Waals surface area contributed by atoms with Crippen LogP contribution in [0.25, 0.3) is 23.3 Å². The van der Waals surface area contributed by atoms with E-state index in [9.17, 15) is 4.39 Å². The number of hydrogen-bond donors (Lipinski definition) is 3. The average Bonchev–Trinajstić information content (AvgIpc) is 3.13. The van der Waals surface area contributed by atoms with Crippen molar-refractivity contribution in [3.8, 4) is 11.1 Å². The van der Waals surface area contributed by atoms with Gasteiger partial charge in [0.15, 0.2) is 11.6 Å². The maximum Gasteiger partial charge on any atom is 0.156 e. The van der Waals surface area contributed by atoms with Gasteiger partial charge in [0.2, 0.25) is 0 Å². The van der Waals surface area contributed by atoms with Crippen molar-refractivity contribution in [1.29, 1.82) is 0 Å². The minimum atomic E-state index is -0.326. The molecule has 0 aliphatic heterocycles. The van der Waals surface area contributed by atoms with Crippen molar-refractivity contribution in [3.05, 3.63) is 83.6 Å². The van der Waals surface area contributed by atoms with Crippen LogP contribution in [0.15, 0.2) is 60.7 Å². The molecule has 4 rings (SSSR count). The number of benzene rings is 2. The van der Waals surface area contributed by atoms with Gasteiger partial charge in [0.25, 0.3) is 0 Å². The standard InChI is InChI=1S/C22H19FN6/c1-14-13-19(29-28-14)27-22-20(16-8-10-17(23)11-9-16)21(24)25-18(26-22)12-7-15-5-3-2-4-6-15/h2-13H,1H3,(H4,24,25,26,27,28,29). The number of hydrogen-bond acceptors (Lipinski definition) is 5. The monoisotopic (exact) mass is 386 g/mol. The number of nitrogens with zero attached hydrogens (tertiary/aromatic N) is 3. The zero-order valence-corrected chi connectivity index (χ0v) is 15.7. The van der Waals surface area contributed by atoms with Crippen LogP contribution >= 0.6 is 0 Å². The highest BCUT2D eigenvalue weighted by Crippen LogP contribution is 2.33. The number of halogens is 1. The zero-order valence-electron chi connectivity index (χ0n) is 15.7. The Labute approximate surface area is 167 Å². The Hall–Kier alpha value is -4.00. The van der Waals surface area contributed by atoms with E-state index in [2.05, 4.69) is 25.5 Å². The minimum Gasteiger partial charge on any atom is -0.383 e. The molecule has 0 radical (unpaired) electrons. The summed E-state index contributed by atoms with van der Waals surface area (Å²) in [5.74, 6) is 1.50. The third kappa shape index (κ3) is 4.30. The van der Waals surface area contributed by atoms with Crippen molar-refractivity contribution in [2.24, 2.45) is 0 Å². The van der Waals surface area contributed by atoms with Crippen LogP contribution in [0.5, 0.6) is 0 Å². The van der Waals surface area contributed by atoms with Crippen LogP contribution in [0.1, 0.15) is 17.1 Å². The topological polar surface area (TPSA) is 92.5 Å². The third-order valence-corrected chi connectivity index (χ3v) is 4.26. The lowest BCUT2D eigenvalue weighted by Crippen LogP contribution is -2.05. The molecule has 2 aromatic heterocycles. The van der Waals surface area contributed by atoms with Gasteiger partial charge in [-0.05, 0) is 36.3 Å². The quantitative estimate of drug-likeness (QED) is 0.458. The number of rotatable bonds is 5. The molecule has 4 N–H and O–H groups in total. The van der Waals surface area contributed by atoms with Crippen molar-refractivity contribution < 1.29 is 4.39 Å². The van der Waals surface area contributed by atoms with E-state index in [0.717, 1.165) is 11.3 Å². The summed E-state index contributed by atoms with van der Waals surface area (Å²) in [6.07, 6.45) is 3.70. The van der Waals surface area contributed by atoms with Gasteiger partial charge in [-0.25, -0.2) is 14.4 Å². The Balaban J connectivity index is 1.77. The molecule has 6 nitrogen and oxygen atoms in total. The highest BCUT2D eigenvalue weighted by atomic mass is 19.1. The second kappa shape index (κ2) is 7.93. The van der Waals surface area contributed by atoms with Gasteiger partial charge in [-0.1, -0.05) is 48.5 Å². The molecule has 2 heterocycles. The number of aromatic amines is 1. The summed E-state index contributed by atoms with van der Waals surface area (Å²) in [5.41, 5.74) is 9.49. The highest BCUT2D eigenvalue weighted by molar-refractivity contribution is 5.86. The van der Waals surface area contributed by atoms with Gasteiger partial charge in [-0.15, -0.1) is 0 Å². The van der Waals surface area contributed by atoms with Gasteiger partial charge in [0.1, 0.15) is 17.5 Å². The molecule has 7 heteroatoms. The molecule has 0 aliphatic carbocycles. The van der Waals surface area contributed by atoms with Gasteiger partial charge >= 0.3 is 0 Å². The second-order valence-electron chi connectivity index (χ2n) is 6.50. The fourth-order valence-corrected chi connectivity index (χ4v) is 2.90. The van der Waals surface area contributed by atoms with Crippen molar-refractivity contribution in [2.45, 2.75) is 6.92 Å². The number of aromatic nitrogens is 4. The molecule has 0 spiro atoms. The first-order valence-corrected chi connectivity index (χ1v) is 9.04. The molecule has 0 unspecified atom stereocenters. The van der Waals surface area contributed by atoms with Crippen LogP contribution in [-0.2, 0) is 0 Å². The number of H-pyrrole nitrogens is 1. The van der Waals surface area contributed by atoms with E-state index in [1.54, 1.807) is 18.2 Å². The number of aryl methyl sites for hydroxylation is 1. The fraction of sp³-hybridized carbons (Fsp3) is 0.0455. The molecule has 0 bridgehead atoms. The summed E-state index contributed by atoms with van der Waals surface area (Å²) >= 11 is 0. The Bertz CT molecular complexity index is 1150. The summed E-state index contributed by atoms with van der Waals surface area (Å²) in [5, 5.41) is 10.3. The zero-order chi connectivity index (χ0) is 20.2. The number of anilines is 3. The molecule has 0 aliphatic rings. The first-order chi connectivity index (χ1) is 14.1. The largest absolute Gasteiger partial charge is 0.383 e. The molecule has 0 saturated heterocycles. The van der Waals surface area contributed by atoms with Crippen LogP contribution in [-0.4, -0.2) is 20.2 Å². The van der Waals surface area contributed by atoms with Crippen LogP contribution in [0, 0.1) is 12.7 Å². The molecule has 4 aromatic rings. The number of nitrogens with two attached hydrogens (primary N) is 1. The van der Waals surface area contributed by atoms with Crippen molar-refractivity contribution >= 4 is 29.6 Å². The molecular formula is C22H19FN6. The first-order valence-electron chi connectivity index (χ1n) is 9.04. The van der Waals surface area contributed by atoms with Gasteiger partial charge in [0.05, 0.1) is 5.56 Å². The number of nitrogen functional groups attached to an aromatic ring is 1. The summed E-state index contributed by atoms with van der Waals surface area (Å²) in [6, 6.07) is 17.7. The van der Waals surface area contributed by atoms with E-state index in [-0.39, 0.29) is 11.6 Å². The maximum atomic E-state index is 13.4. The van der Waals surface area contributed by atoms with Crippen molar-refractivity contribution in [1.82, 2.24) is 20.2 Å². The normalized spacial score (nSPS) is 11.1. The molecule has 144 valence electrons. The lowest BCUT2D eigenvalue weighted by molar-refractivity contribution is 0.628. The maximum absolute atomic E-state index is 13.4. The van der Waals surface area contributed by atoms with Crippen LogP contribution in [0.3, 0.4) is 0 Å². The van der Waals surface area contributed by atoms with Crippen molar-refractivity contribution in [2.75, 3.05) is 11.1 Å². The molecule has 0 saturated carbocycles. The van der Waals surface area contributed by atoms with E-state index in [1.165, 1.54) is 12.1 Å². The van der Waals surface area contributed by atoms with E-state index < -0.39 is 0 Å². The van der Waals surface area contributed by atoms with Gasteiger partial charge in [0, 0.05) is 11.8 Å². The van der Waals surface area contributed by atoms with E-state index in [0.29, 0.717) is 28.6 Å². The smallest absolute Gasteiger partial charge is 0.156 e. The Morgan fingerprint density at radius 1 is 1.00 bits per heavy atom. The Kier molecular flexibility index (Phi) is 5.03. The summed E-state index contributed by atoms with van der Waals surface area (Å²) in [6.45, 7) is 1.90. The number of nitrogens with one attached hydrogen (secondary N) is 2. The molecule has 0 amide bonds. The molecule has 0 atom stereocenters. The summed E-state index contributed by atoms with van der Waals surface area (Å²) < 4.78 is 13.4. The summed E-state index contributed by atoms with van der Waals surface area (Å²) in [7, 11) is 0. The van der Waals surface area contributed by atoms with E-state index in [1.807, 2.05) is 49.4 Å². The summed E-state index contributed by atoms with van der Waals surface area (Å²) in [4.78, 5) is 9.03. The first kappa shape index (κ1) is 18.4. The Morgan fingerprint density at radius 2 is 1.76 bits per heavy atom. The SMILES string of the molecule is Cc1cc(Nc2nc(C=Cc3ccccc3)nc(N)c2-c2ccc(F)cc2)n[nH]1. The van der Waals surface area contributed by atoms with Crippen LogP contribution in [0.4, 0.5) is 21.8 Å². The molecule has 29 heavy (non-hydrogen) atoms. The molecule has 2 aromatic carbocycles. The lowest BCUT2D eigenvalue weighted by Gasteiger charge is -2.13. The van der Waals surface area contributed by atoms with Gasteiger partial charge in [-0.3, -0.25) is 5.10 Å². The average molecular weight is 386 g/mol. The second-order valence-corrected chi connectivity index (χ2v) is 6.50. The van der Waals surface area contributed by atoms with Gasteiger partial charge < -0.3 is 11.1 Å². The lowest BCUT2D eigenvalue weighted by atomic mass is 10.1. The van der Waals surface area contributed by atoms with Crippen molar-refractivity contribution in [3.63, 3.8) is 0 Å². The van der Waals surface area contributed by atoms with Crippen LogP contribution in [0.2, 0.25) is 0 Å². The fourth-order valence-electron chi connectivity index (χ4n) is 2.90. The minimum absolute atomic E-state index is 0.286. The van der Waals surface area contributed by atoms with Gasteiger partial charge in [-0.2, -0.15) is 5.10 Å². The van der Waals surface area contributed by atoms with Crippen LogP contribution < -0.4 is 11.1 Å². The molecular weight excluding hydrogens is 367 g/mol. The third-order valence-electron chi connectivity index (χ3n) is 4.26. The Morgan fingerprint density at radius 3 is 2.45 bits per heavy atom. The predicted octanol–water partition coefficient (Wildman–Crippen LogP) is 4.81. The molecule has 0 fully saturated rings.